The molecule has 1 aliphatic heterocycles. The van der Waals surface area contributed by atoms with Crippen LogP contribution in [0.4, 0.5) is 4.39 Å². The lowest BCUT2D eigenvalue weighted by molar-refractivity contribution is 0.0704. The molecule has 5 rings (SSSR count). The van der Waals surface area contributed by atoms with Crippen LogP contribution in [0.25, 0.3) is 22.3 Å². The van der Waals surface area contributed by atoms with Gasteiger partial charge in [-0.2, -0.15) is 4.98 Å². The van der Waals surface area contributed by atoms with Gasteiger partial charge in [-0.05, 0) is 74.7 Å². The number of aromatic amines is 1. The molecule has 0 saturated carbocycles. The van der Waals surface area contributed by atoms with Gasteiger partial charge in [0.2, 0.25) is 11.7 Å². The van der Waals surface area contributed by atoms with Gasteiger partial charge in [0, 0.05) is 46.7 Å². The van der Waals surface area contributed by atoms with Crippen LogP contribution < -0.4 is 0 Å². The average molecular weight is 418 g/mol. The van der Waals surface area contributed by atoms with Gasteiger partial charge < -0.3 is 14.4 Å². The number of hydrogen-bond acceptors (Lipinski definition) is 4. The molecule has 4 aromatic rings. The lowest BCUT2D eigenvalue weighted by Gasteiger charge is -2.30. The number of rotatable bonds is 3. The highest BCUT2D eigenvalue weighted by Crippen LogP contribution is 2.30. The molecular weight excluding hydrogens is 395 g/mol. The molecule has 0 radical (unpaired) electrons. The quantitative estimate of drug-likeness (QED) is 0.508. The van der Waals surface area contributed by atoms with Crippen LogP contribution >= 0.6 is 0 Å². The summed E-state index contributed by atoms with van der Waals surface area (Å²) in [5.41, 5.74) is 4.79. The van der Waals surface area contributed by atoms with E-state index in [0.717, 1.165) is 35.0 Å². The summed E-state index contributed by atoms with van der Waals surface area (Å²) in [5, 5.41) is 5.13. The summed E-state index contributed by atoms with van der Waals surface area (Å²) in [4.78, 5) is 22.8. The zero-order valence-electron chi connectivity index (χ0n) is 17.5. The van der Waals surface area contributed by atoms with E-state index in [2.05, 4.69) is 22.0 Å². The van der Waals surface area contributed by atoms with Crippen LogP contribution in [0.15, 0.2) is 47.0 Å². The number of likely N-dealkylation sites (tertiary alicyclic amines) is 1. The number of aryl methyl sites for hydroxylation is 2. The Balaban J connectivity index is 1.27. The van der Waals surface area contributed by atoms with Crippen molar-refractivity contribution in [2.75, 3.05) is 13.1 Å². The van der Waals surface area contributed by atoms with Gasteiger partial charge in [0.15, 0.2) is 0 Å². The maximum Gasteiger partial charge on any atom is 0.253 e. The molecule has 2 aromatic carbocycles. The fourth-order valence-corrected chi connectivity index (χ4v) is 4.22. The number of nitrogens with one attached hydrogen (secondary N) is 1. The monoisotopic (exact) mass is 418 g/mol. The molecule has 1 saturated heterocycles. The fourth-order valence-electron chi connectivity index (χ4n) is 4.22. The number of aromatic nitrogens is 3. The maximum absolute atomic E-state index is 13.1. The molecule has 1 aliphatic rings. The van der Waals surface area contributed by atoms with Gasteiger partial charge >= 0.3 is 0 Å². The molecular formula is C24H23FN4O2. The summed E-state index contributed by atoms with van der Waals surface area (Å²) in [6.45, 7) is 5.39. The van der Waals surface area contributed by atoms with E-state index in [-0.39, 0.29) is 17.6 Å². The van der Waals surface area contributed by atoms with Gasteiger partial charge in [0.25, 0.3) is 5.91 Å². The first-order valence-corrected chi connectivity index (χ1v) is 10.5. The Bertz CT molecular complexity index is 1250. The highest BCUT2D eigenvalue weighted by molar-refractivity contribution is 5.99. The van der Waals surface area contributed by atoms with Gasteiger partial charge in [-0.15, -0.1) is 0 Å². The molecule has 7 heteroatoms. The molecule has 2 aromatic heterocycles. The predicted molar refractivity (Wildman–Crippen MR) is 115 cm³/mol. The SMILES string of the molecule is Cc1[nH]c2ccc(C(=O)N3CCC(c4nc(-c5ccc(F)cc5)no4)CC3)cc2c1C. The molecule has 0 unspecified atom stereocenters. The standard InChI is InChI=1S/C24H23FN4O2/c1-14-15(2)26-21-8-5-18(13-20(14)21)24(30)29-11-9-17(10-12-29)23-27-22(28-31-23)16-3-6-19(25)7-4-16/h3-8,13,17,26H,9-12H2,1-2H3. The number of fused-ring (bicyclic) bond motifs is 1. The van der Waals surface area contributed by atoms with Crippen molar-refractivity contribution >= 4 is 16.8 Å². The summed E-state index contributed by atoms with van der Waals surface area (Å²) in [5.74, 6) is 0.898. The molecule has 0 spiro atoms. The second-order valence-corrected chi connectivity index (χ2v) is 8.16. The van der Waals surface area contributed by atoms with E-state index in [0.29, 0.717) is 30.4 Å². The Kier molecular flexibility index (Phi) is 4.81. The normalized spacial score (nSPS) is 15.0. The summed E-state index contributed by atoms with van der Waals surface area (Å²) >= 11 is 0. The Labute approximate surface area is 179 Å². The van der Waals surface area contributed by atoms with E-state index in [1.807, 2.05) is 30.0 Å². The lowest BCUT2D eigenvalue weighted by Crippen LogP contribution is -2.38. The van der Waals surface area contributed by atoms with Crippen LogP contribution in [-0.2, 0) is 0 Å². The highest BCUT2D eigenvalue weighted by atomic mass is 19.1. The van der Waals surface area contributed by atoms with Crippen LogP contribution in [0.5, 0.6) is 0 Å². The Morgan fingerprint density at radius 2 is 1.87 bits per heavy atom. The van der Waals surface area contributed by atoms with Crippen molar-refractivity contribution < 1.29 is 13.7 Å². The van der Waals surface area contributed by atoms with Crippen molar-refractivity contribution in [2.24, 2.45) is 0 Å². The van der Waals surface area contributed by atoms with Crippen molar-refractivity contribution in [1.82, 2.24) is 20.0 Å². The average Bonchev–Trinajstić information content (AvgIpc) is 3.39. The topological polar surface area (TPSA) is 75.0 Å². The molecule has 6 nitrogen and oxygen atoms in total. The Morgan fingerprint density at radius 3 is 2.61 bits per heavy atom. The molecule has 0 bridgehead atoms. The number of hydrogen-bond donors (Lipinski definition) is 1. The first-order valence-electron chi connectivity index (χ1n) is 10.5. The van der Waals surface area contributed by atoms with Crippen LogP contribution in [0.2, 0.25) is 0 Å². The highest BCUT2D eigenvalue weighted by Gasteiger charge is 2.28. The lowest BCUT2D eigenvalue weighted by atomic mass is 9.96. The third-order valence-corrected chi connectivity index (χ3v) is 6.23. The Morgan fingerprint density at radius 1 is 1.13 bits per heavy atom. The summed E-state index contributed by atoms with van der Waals surface area (Å²) in [6, 6.07) is 11.9. The van der Waals surface area contributed by atoms with E-state index < -0.39 is 0 Å². The van der Waals surface area contributed by atoms with Crippen LogP contribution in [0.1, 0.15) is 46.3 Å². The maximum atomic E-state index is 13.1. The second kappa shape index (κ2) is 7.65. The van der Waals surface area contributed by atoms with E-state index in [1.165, 1.54) is 17.7 Å². The second-order valence-electron chi connectivity index (χ2n) is 8.16. The third-order valence-electron chi connectivity index (χ3n) is 6.23. The fraction of sp³-hybridized carbons (Fsp3) is 0.292. The van der Waals surface area contributed by atoms with Gasteiger partial charge in [0.1, 0.15) is 5.82 Å². The van der Waals surface area contributed by atoms with Gasteiger partial charge in [0.05, 0.1) is 0 Å². The number of benzene rings is 2. The third kappa shape index (κ3) is 3.60. The van der Waals surface area contributed by atoms with E-state index in [4.69, 9.17) is 4.52 Å². The van der Waals surface area contributed by atoms with Crippen LogP contribution in [-0.4, -0.2) is 39.0 Å². The number of carbonyl (C=O) groups excluding carboxylic acids is 1. The number of H-pyrrole nitrogens is 1. The van der Waals surface area contributed by atoms with Gasteiger partial charge in [-0.1, -0.05) is 5.16 Å². The number of carbonyl (C=O) groups is 1. The van der Waals surface area contributed by atoms with Gasteiger partial charge in [-0.3, -0.25) is 4.79 Å². The van der Waals surface area contributed by atoms with Crippen molar-refractivity contribution in [3.63, 3.8) is 0 Å². The van der Waals surface area contributed by atoms with Gasteiger partial charge in [-0.25, -0.2) is 4.39 Å². The number of nitrogens with zero attached hydrogens (tertiary/aromatic N) is 3. The first kappa shape index (κ1) is 19.5. The Hall–Kier alpha value is -3.48. The predicted octanol–water partition coefficient (Wildman–Crippen LogP) is 4.99. The zero-order valence-corrected chi connectivity index (χ0v) is 17.5. The van der Waals surface area contributed by atoms with Crippen molar-refractivity contribution in [2.45, 2.75) is 32.6 Å². The first-order chi connectivity index (χ1) is 15.0. The van der Waals surface area contributed by atoms with E-state index in [1.54, 1.807) is 12.1 Å². The number of halogens is 1. The van der Waals surface area contributed by atoms with Crippen LogP contribution in [0, 0.1) is 19.7 Å². The van der Waals surface area contributed by atoms with E-state index in [9.17, 15) is 9.18 Å². The van der Waals surface area contributed by atoms with Crippen LogP contribution in [0.3, 0.4) is 0 Å². The smallest absolute Gasteiger partial charge is 0.253 e. The molecule has 31 heavy (non-hydrogen) atoms. The summed E-state index contributed by atoms with van der Waals surface area (Å²) in [7, 11) is 0. The molecule has 0 aliphatic carbocycles. The summed E-state index contributed by atoms with van der Waals surface area (Å²) in [6.07, 6.45) is 1.53. The van der Waals surface area contributed by atoms with Crippen molar-refractivity contribution in [3.05, 3.63) is 71.0 Å². The molecule has 0 atom stereocenters. The van der Waals surface area contributed by atoms with Crippen molar-refractivity contribution in [3.8, 4) is 11.4 Å². The molecule has 1 amide bonds. The molecule has 1 fully saturated rings. The largest absolute Gasteiger partial charge is 0.358 e. The van der Waals surface area contributed by atoms with E-state index >= 15 is 0 Å². The zero-order chi connectivity index (χ0) is 21.5. The molecule has 158 valence electrons. The summed E-state index contributed by atoms with van der Waals surface area (Å²) < 4.78 is 18.6. The number of piperidine rings is 1. The molecule has 1 N–H and O–H groups in total. The van der Waals surface area contributed by atoms with Crippen molar-refractivity contribution in [1.29, 1.82) is 0 Å². The minimum atomic E-state index is -0.301. The minimum Gasteiger partial charge on any atom is -0.358 e. The number of amides is 1. The minimum absolute atomic E-state index is 0.0520. The molecule has 3 heterocycles.